The number of morpholine rings is 1. The molecule has 19 heavy (non-hydrogen) atoms. The molecule has 0 aromatic heterocycles. The molecule has 1 fully saturated rings. The highest BCUT2D eigenvalue weighted by Crippen LogP contribution is 2.10. The van der Waals surface area contributed by atoms with E-state index in [0.29, 0.717) is 52.4 Å². The average molecular weight is 273 g/mol. The van der Waals surface area contributed by atoms with Crippen molar-refractivity contribution < 1.29 is 23.8 Å². The molecule has 110 valence electrons. The van der Waals surface area contributed by atoms with Crippen LogP contribution in [0.5, 0.6) is 0 Å². The van der Waals surface area contributed by atoms with Gasteiger partial charge >= 0.3 is 11.9 Å². The topological polar surface area (TPSA) is 65.1 Å². The van der Waals surface area contributed by atoms with E-state index in [-0.39, 0.29) is 18.0 Å². The lowest BCUT2D eigenvalue weighted by Crippen LogP contribution is -2.50. The molecule has 1 unspecified atom stereocenters. The van der Waals surface area contributed by atoms with E-state index in [1.807, 2.05) is 4.90 Å². The van der Waals surface area contributed by atoms with Crippen LogP contribution in [0.1, 0.15) is 26.7 Å². The van der Waals surface area contributed by atoms with Crippen molar-refractivity contribution in [1.29, 1.82) is 0 Å². The maximum absolute atomic E-state index is 11.8. The van der Waals surface area contributed by atoms with Crippen molar-refractivity contribution in [3.63, 3.8) is 0 Å². The Hall–Kier alpha value is -1.14. The van der Waals surface area contributed by atoms with Crippen molar-refractivity contribution in [3.05, 3.63) is 0 Å². The standard InChI is InChI=1S/C13H23NO5/c1-3-18-12(15)6-5-7-14-8-9-17-10-11(14)13(16)19-4-2/h11H,3-10H2,1-2H3. The Bertz CT molecular complexity index is 295. The molecule has 0 amide bonds. The third kappa shape index (κ3) is 5.57. The van der Waals surface area contributed by atoms with Crippen LogP contribution < -0.4 is 0 Å². The fraction of sp³-hybridized carbons (Fsp3) is 0.846. The molecule has 6 nitrogen and oxygen atoms in total. The molecule has 0 bridgehead atoms. The highest BCUT2D eigenvalue weighted by molar-refractivity contribution is 5.76. The van der Waals surface area contributed by atoms with Crippen molar-refractivity contribution in [1.82, 2.24) is 4.90 Å². The summed E-state index contributed by atoms with van der Waals surface area (Å²) < 4.78 is 15.2. The first-order valence-corrected chi connectivity index (χ1v) is 6.83. The van der Waals surface area contributed by atoms with E-state index in [1.54, 1.807) is 13.8 Å². The fourth-order valence-electron chi connectivity index (χ4n) is 2.02. The van der Waals surface area contributed by atoms with Gasteiger partial charge in [-0.2, -0.15) is 0 Å². The predicted octanol–water partition coefficient (Wildman–Crippen LogP) is 0.594. The van der Waals surface area contributed by atoms with Gasteiger partial charge in [-0.1, -0.05) is 0 Å². The van der Waals surface area contributed by atoms with Crippen molar-refractivity contribution in [2.75, 3.05) is 39.5 Å². The van der Waals surface area contributed by atoms with Gasteiger partial charge in [0, 0.05) is 13.0 Å². The van der Waals surface area contributed by atoms with Crippen LogP contribution in [0.3, 0.4) is 0 Å². The van der Waals surface area contributed by atoms with Crippen LogP contribution in [0.4, 0.5) is 0 Å². The molecular formula is C13H23NO5. The summed E-state index contributed by atoms with van der Waals surface area (Å²) in [6, 6.07) is -0.351. The van der Waals surface area contributed by atoms with Gasteiger partial charge < -0.3 is 14.2 Å². The van der Waals surface area contributed by atoms with Crippen LogP contribution in [-0.2, 0) is 23.8 Å². The molecule has 1 rings (SSSR count). The van der Waals surface area contributed by atoms with Gasteiger partial charge in [-0.15, -0.1) is 0 Å². The number of rotatable bonds is 7. The summed E-state index contributed by atoms with van der Waals surface area (Å²) >= 11 is 0. The lowest BCUT2D eigenvalue weighted by atomic mass is 10.2. The Labute approximate surface area is 114 Å². The Morgan fingerprint density at radius 3 is 2.68 bits per heavy atom. The Morgan fingerprint density at radius 2 is 2.00 bits per heavy atom. The van der Waals surface area contributed by atoms with E-state index < -0.39 is 0 Å². The minimum atomic E-state index is -0.351. The quantitative estimate of drug-likeness (QED) is 0.633. The molecule has 1 heterocycles. The second kappa shape index (κ2) is 8.87. The molecule has 1 aliphatic heterocycles. The van der Waals surface area contributed by atoms with Crippen LogP contribution in [0.25, 0.3) is 0 Å². The zero-order valence-corrected chi connectivity index (χ0v) is 11.7. The fourth-order valence-corrected chi connectivity index (χ4v) is 2.02. The summed E-state index contributed by atoms with van der Waals surface area (Å²) in [4.78, 5) is 25.0. The van der Waals surface area contributed by atoms with Gasteiger partial charge in [0.25, 0.3) is 0 Å². The number of carbonyl (C=O) groups excluding carboxylic acids is 2. The lowest BCUT2D eigenvalue weighted by molar-refractivity contribution is -0.155. The van der Waals surface area contributed by atoms with Gasteiger partial charge in [0.15, 0.2) is 0 Å². The number of hydrogen-bond donors (Lipinski definition) is 0. The van der Waals surface area contributed by atoms with E-state index in [0.717, 1.165) is 0 Å². The molecule has 1 atom stereocenters. The van der Waals surface area contributed by atoms with Gasteiger partial charge in [-0.05, 0) is 26.8 Å². The minimum Gasteiger partial charge on any atom is -0.466 e. The van der Waals surface area contributed by atoms with Crippen molar-refractivity contribution in [2.45, 2.75) is 32.7 Å². The van der Waals surface area contributed by atoms with E-state index in [9.17, 15) is 9.59 Å². The van der Waals surface area contributed by atoms with Crippen LogP contribution in [0, 0.1) is 0 Å². The highest BCUT2D eigenvalue weighted by Gasteiger charge is 2.30. The van der Waals surface area contributed by atoms with Crippen molar-refractivity contribution >= 4 is 11.9 Å². The first-order chi connectivity index (χ1) is 9.19. The van der Waals surface area contributed by atoms with Gasteiger partial charge in [-0.3, -0.25) is 14.5 Å². The van der Waals surface area contributed by atoms with E-state index in [4.69, 9.17) is 14.2 Å². The second-order valence-electron chi connectivity index (χ2n) is 4.29. The molecule has 1 aliphatic rings. The van der Waals surface area contributed by atoms with E-state index in [2.05, 4.69) is 0 Å². The summed E-state index contributed by atoms with van der Waals surface area (Å²) in [5.41, 5.74) is 0. The van der Waals surface area contributed by atoms with Gasteiger partial charge in [0.2, 0.25) is 0 Å². The third-order valence-corrected chi connectivity index (χ3v) is 2.93. The first kappa shape index (κ1) is 15.9. The molecule has 0 saturated carbocycles. The molecule has 0 aliphatic carbocycles. The number of esters is 2. The Morgan fingerprint density at radius 1 is 1.26 bits per heavy atom. The smallest absolute Gasteiger partial charge is 0.325 e. The zero-order chi connectivity index (χ0) is 14.1. The maximum atomic E-state index is 11.8. The maximum Gasteiger partial charge on any atom is 0.325 e. The first-order valence-electron chi connectivity index (χ1n) is 6.83. The van der Waals surface area contributed by atoms with E-state index >= 15 is 0 Å². The molecule has 0 spiro atoms. The number of nitrogens with zero attached hydrogens (tertiary/aromatic N) is 1. The molecule has 0 radical (unpaired) electrons. The lowest BCUT2D eigenvalue weighted by Gasteiger charge is -2.33. The van der Waals surface area contributed by atoms with Gasteiger partial charge in [-0.25, -0.2) is 0 Å². The highest BCUT2D eigenvalue weighted by atomic mass is 16.5. The van der Waals surface area contributed by atoms with Crippen LogP contribution in [0.2, 0.25) is 0 Å². The average Bonchev–Trinajstić information content (AvgIpc) is 2.40. The predicted molar refractivity (Wildman–Crippen MR) is 68.7 cm³/mol. The zero-order valence-electron chi connectivity index (χ0n) is 11.7. The SMILES string of the molecule is CCOC(=O)CCCN1CCOCC1C(=O)OCC. The third-order valence-electron chi connectivity index (χ3n) is 2.93. The van der Waals surface area contributed by atoms with Crippen molar-refractivity contribution in [3.8, 4) is 0 Å². The summed E-state index contributed by atoms with van der Waals surface area (Å²) in [6.45, 7) is 6.67. The summed E-state index contributed by atoms with van der Waals surface area (Å²) in [5.74, 6) is -0.443. The largest absolute Gasteiger partial charge is 0.466 e. The molecular weight excluding hydrogens is 250 g/mol. The Balaban J connectivity index is 2.35. The van der Waals surface area contributed by atoms with Gasteiger partial charge in [0.1, 0.15) is 6.04 Å². The van der Waals surface area contributed by atoms with Crippen LogP contribution in [-0.4, -0.2) is 62.4 Å². The summed E-state index contributed by atoms with van der Waals surface area (Å²) in [6.07, 6.45) is 1.05. The number of carbonyl (C=O) groups is 2. The van der Waals surface area contributed by atoms with Gasteiger partial charge in [0.05, 0.1) is 26.4 Å². The van der Waals surface area contributed by atoms with Crippen LogP contribution >= 0.6 is 0 Å². The summed E-state index contributed by atoms with van der Waals surface area (Å²) in [7, 11) is 0. The summed E-state index contributed by atoms with van der Waals surface area (Å²) in [5, 5.41) is 0. The molecule has 6 heteroatoms. The molecule has 0 N–H and O–H groups in total. The van der Waals surface area contributed by atoms with Crippen LogP contribution in [0.15, 0.2) is 0 Å². The number of hydrogen-bond acceptors (Lipinski definition) is 6. The minimum absolute atomic E-state index is 0.191. The second-order valence-corrected chi connectivity index (χ2v) is 4.29. The monoisotopic (exact) mass is 273 g/mol. The normalized spacial score (nSPS) is 20.0. The molecule has 0 aromatic carbocycles. The number of ether oxygens (including phenoxy) is 3. The Kier molecular flexibility index (Phi) is 7.43. The molecule has 0 aromatic rings. The van der Waals surface area contributed by atoms with Crippen molar-refractivity contribution in [2.24, 2.45) is 0 Å². The molecule has 1 saturated heterocycles. The van der Waals surface area contributed by atoms with E-state index in [1.165, 1.54) is 0 Å².